The largest absolute Gasteiger partial charge is 0.478 e. The van der Waals surface area contributed by atoms with E-state index in [1.165, 1.54) is 12.1 Å². The van der Waals surface area contributed by atoms with Gasteiger partial charge in [-0.1, -0.05) is 18.2 Å². The van der Waals surface area contributed by atoms with Crippen LogP contribution in [0.1, 0.15) is 15.9 Å². The Balaban J connectivity index is 1.49. The van der Waals surface area contributed by atoms with Gasteiger partial charge in [0.05, 0.1) is 24.2 Å². The normalized spacial score (nSPS) is 15.1. The smallest absolute Gasteiger partial charge is 0.416 e. The van der Waals surface area contributed by atoms with Crippen LogP contribution in [-0.2, 0) is 11.0 Å². The average Bonchev–Trinajstić information content (AvgIpc) is 2.72. The zero-order valence-corrected chi connectivity index (χ0v) is 16.2. The number of carbonyl (C=O) groups excluding carboxylic acids is 1. The van der Waals surface area contributed by atoms with Gasteiger partial charge in [-0.05, 0) is 30.3 Å². The van der Waals surface area contributed by atoms with E-state index in [9.17, 15) is 27.9 Å². The molecule has 1 aliphatic rings. The van der Waals surface area contributed by atoms with Crippen molar-refractivity contribution >= 4 is 23.1 Å². The van der Waals surface area contributed by atoms with Gasteiger partial charge in [0.1, 0.15) is 0 Å². The van der Waals surface area contributed by atoms with Gasteiger partial charge in [0.25, 0.3) is 0 Å². The minimum atomic E-state index is -4.38. The molecule has 6 nitrogen and oxygen atoms in total. The first kappa shape index (κ1) is 21.6. The molecule has 160 valence electrons. The highest BCUT2D eigenvalue weighted by molar-refractivity contribution is 5.95. The fourth-order valence-electron chi connectivity index (χ4n) is 3.37. The van der Waals surface area contributed by atoms with Gasteiger partial charge in [0, 0.05) is 37.6 Å². The number of nitrogens with one attached hydrogen (secondary N) is 1. The molecule has 1 fully saturated rings. The van der Waals surface area contributed by atoms with Crippen molar-refractivity contribution in [3.8, 4) is 0 Å². The molecule has 1 heterocycles. The maximum atomic E-state index is 12.9. The van der Waals surface area contributed by atoms with E-state index in [2.05, 4.69) is 5.32 Å². The molecule has 30 heavy (non-hydrogen) atoms. The lowest BCUT2D eigenvalue weighted by Crippen LogP contribution is -2.48. The monoisotopic (exact) mass is 421 g/mol. The molecule has 0 radical (unpaired) electrons. The molecule has 0 saturated carbocycles. The molecule has 2 aromatic carbocycles. The van der Waals surface area contributed by atoms with Gasteiger partial charge in [-0.2, -0.15) is 13.2 Å². The summed E-state index contributed by atoms with van der Waals surface area (Å²) in [5.41, 5.74) is 0.320. The quantitative estimate of drug-likeness (QED) is 0.716. The number of carboxylic acid groups (broad SMARTS) is 1. The number of alkyl halides is 3. The van der Waals surface area contributed by atoms with Crippen LogP contribution < -0.4 is 10.2 Å². The number of ketones is 1. The molecular weight excluding hydrogens is 399 g/mol. The summed E-state index contributed by atoms with van der Waals surface area (Å²) in [6.45, 7) is 2.33. The number of nitrogens with zero attached hydrogens (tertiary/aromatic N) is 2. The summed E-state index contributed by atoms with van der Waals surface area (Å²) in [7, 11) is 0. The average molecular weight is 421 g/mol. The second-order valence-electron chi connectivity index (χ2n) is 7.05. The molecule has 0 bridgehead atoms. The van der Waals surface area contributed by atoms with Crippen molar-refractivity contribution in [3.63, 3.8) is 0 Å². The molecule has 1 saturated heterocycles. The Morgan fingerprint density at radius 1 is 1.00 bits per heavy atom. The Bertz CT molecular complexity index is 910. The first-order valence-electron chi connectivity index (χ1n) is 9.46. The summed E-state index contributed by atoms with van der Waals surface area (Å²) in [6, 6.07) is 11.6. The number of rotatable bonds is 7. The third kappa shape index (κ3) is 5.50. The Morgan fingerprint density at radius 3 is 2.37 bits per heavy atom. The van der Waals surface area contributed by atoms with Crippen molar-refractivity contribution in [1.82, 2.24) is 4.90 Å². The molecule has 0 unspecified atom stereocenters. The highest BCUT2D eigenvalue weighted by Gasteiger charge is 2.31. The van der Waals surface area contributed by atoms with E-state index in [0.717, 1.165) is 12.1 Å². The number of Topliss-reactive ketones (excluding diaryl/α,β-unsaturated/α-hetero) is 1. The van der Waals surface area contributed by atoms with Crippen LogP contribution in [0.4, 0.5) is 24.5 Å². The van der Waals surface area contributed by atoms with E-state index in [1.54, 1.807) is 24.3 Å². The third-order valence-corrected chi connectivity index (χ3v) is 4.94. The Kier molecular flexibility index (Phi) is 6.61. The topological polar surface area (TPSA) is 72.9 Å². The molecule has 9 heteroatoms. The number of hydrogen-bond donors (Lipinski definition) is 2. The Morgan fingerprint density at radius 2 is 1.70 bits per heavy atom. The fourth-order valence-corrected chi connectivity index (χ4v) is 3.37. The second-order valence-corrected chi connectivity index (χ2v) is 7.05. The number of halogens is 3. The molecule has 0 spiro atoms. The van der Waals surface area contributed by atoms with Crippen molar-refractivity contribution in [2.75, 3.05) is 49.5 Å². The van der Waals surface area contributed by atoms with Crippen molar-refractivity contribution < 1.29 is 27.9 Å². The second kappa shape index (κ2) is 9.17. The number of carbonyl (C=O) groups is 2. The van der Waals surface area contributed by atoms with Gasteiger partial charge in [-0.15, -0.1) is 0 Å². The summed E-state index contributed by atoms with van der Waals surface area (Å²) < 4.78 is 38.7. The van der Waals surface area contributed by atoms with E-state index in [1.807, 2.05) is 9.80 Å². The fraction of sp³-hybridized carbons (Fsp3) is 0.333. The molecule has 0 aromatic heterocycles. The lowest BCUT2D eigenvalue weighted by Gasteiger charge is -2.36. The molecule has 2 aromatic rings. The maximum Gasteiger partial charge on any atom is 0.416 e. The van der Waals surface area contributed by atoms with Crippen LogP contribution in [0, 0.1) is 0 Å². The zero-order valence-electron chi connectivity index (χ0n) is 16.2. The van der Waals surface area contributed by atoms with Gasteiger partial charge in [-0.3, -0.25) is 9.69 Å². The Hall–Kier alpha value is -3.07. The van der Waals surface area contributed by atoms with Crippen molar-refractivity contribution in [3.05, 3.63) is 59.7 Å². The van der Waals surface area contributed by atoms with Gasteiger partial charge in [0.15, 0.2) is 5.78 Å². The lowest BCUT2D eigenvalue weighted by molar-refractivity contribution is -0.137. The van der Waals surface area contributed by atoms with Crippen molar-refractivity contribution in [2.24, 2.45) is 0 Å². The summed E-state index contributed by atoms with van der Waals surface area (Å²) in [5.74, 6) is -1.17. The minimum absolute atomic E-state index is 0.00185. The van der Waals surface area contributed by atoms with Gasteiger partial charge in [-0.25, -0.2) is 4.79 Å². The zero-order chi connectivity index (χ0) is 21.7. The van der Waals surface area contributed by atoms with E-state index in [-0.39, 0.29) is 24.4 Å². The third-order valence-electron chi connectivity index (χ3n) is 4.94. The van der Waals surface area contributed by atoms with Crippen LogP contribution in [0.25, 0.3) is 0 Å². The van der Waals surface area contributed by atoms with Crippen LogP contribution >= 0.6 is 0 Å². The van der Waals surface area contributed by atoms with Crippen molar-refractivity contribution in [1.29, 1.82) is 0 Å². The number of anilines is 2. The number of benzene rings is 2. The number of aromatic carboxylic acids is 1. The van der Waals surface area contributed by atoms with Gasteiger partial charge < -0.3 is 15.3 Å². The molecule has 0 aliphatic carbocycles. The molecule has 1 aliphatic heterocycles. The van der Waals surface area contributed by atoms with Gasteiger partial charge >= 0.3 is 12.1 Å². The van der Waals surface area contributed by atoms with Crippen LogP contribution in [0.3, 0.4) is 0 Å². The van der Waals surface area contributed by atoms with Gasteiger partial charge in [0.2, 0.25) is 0 Å². The first-order chi connectivity index (χ1) is 14.2. The summed E-state index contributed by atoms with van der Waals surface area (Å²) in [6.07, 6.45) is -4.38. The first-order valence-corrected chi connectivity index (χ1v) is 9.46. The highest BCUT2D eigenvalue weighted by Crippen LogP contribution is 2.31. The van der Waals surface area contributed by atoms with E-state index in [4.69, 9.17) is 0 Å². The molecule has 0 atom stereocenters. The summed E-state index contributed by atoms with van der Waals surface area (Å²) >= 11 is 0. The van der Waals surface area contributed by atoms with E-state index in [0.29, 0.717) is 37.6 Å². The van der Waals surface area contributed by atoms with Crippen LogP contribution in [0.15, 0.2) is 48.5 Å². The molecule has 2 N–H and O–H groups in total. The molecule has 3 rings (SSSR count). The predicted molar refractivity (Wildman–Crippen MR) is 107 cm³/mol. The number of piperazine rings is 1. The lowest BCUT2D eigenvalue weighted by atomic mass is 10.1. The summed E-state index contributed by atoms with van der Waals surface area (Å²) in [4.78, 5) is 27.3. The number of para-hydroxylation sites is 1. The number of hydrogen-bond acceptors (Lipinski definition) is 5. The van der Waals surface area contributed by atoms with Crippen LogP contribution in [-0.4, -0.2) is 61.0 Å². The van der Waals surface area contributed by atoms with Crippen LogP contribution in [0.5, 0.6) is 0 Å². The predicted octanol–water partition coefficient (Wildman–Crippen LogP) is 3.21. The molecular formula is C21H22F3N3O3. The van der Waals surface area contributed by atoms with E-state index >= 15 is 0 Å². The SMILES string of the molecule is O=C(CNc1ccccc1C(=O)O)CN1CCN(c2cccc(C(F)(F)F)c2)CC1. The maximum absolute atomic E-state index is 12.9. The van der Waals surface area contributed by atoms with Crippen LogP contribution in [0.2, 0.25) is 0 Å². The highest BCUT2D eigenvalue weighted by atomic mass is 19.4. The van der Waals surface area contributed by atoms with Crippen molar-refractivity contribution in [2.45, 2.75) is 6.18 Å². The van der Waals surface area contributed by atoms with E-state index < -0.39 is 17.7 Å². The Labute approximate surface area is 171 Å². The number of carboxylic acids is 1. The minimum Gasteiger partial charge on any atom is -0.478 e. The standard InChI is InChI=1S/C21H22F3N3O3/c22-21(23,24)15-4-3-5-16(12-15)27-10-8-26(9-11-27)14-17(28)13-25-19-7-2-1-6-18(19)20(29)30/h1-7,12,25H,8-11,13-14H2,(H,29,30). The molecule has 0 amide bonds. The summed E-state index contributed by atoms with van der Waals surface area (Å²) in [5, 5.41) is 12.0.